The summed E-state index contributed by atoms with van der Waals surface area (Å²) < 4.78 is 11.8. The number of thiazole rings is 1. The largest absolute Gasteiger partial charge is 0.379 e. The number of nitrogens with one attached hydrogen (secondary N) is 1. The van der Waals surface area contributed by atoms with Crippen molar-refractivity contribution in [2.45, 2.75) is 135 Å². The van der Waals surface area contributed by atoms with Gasteiger partial charge < -0.3 is 24.6 Å². The number of carbonyl (C=O) groups excluding carboxylic acids is 5. The fourth-order valence-corrected chi connectivity index (χ4v) is 13.7. The van der Waals surface area contributed by atoms with E-state index < -0.39 is 34.8 Å². The third kappa shape index (κ3) is 15.2. The van der Waals surface area contributed by atoms with Crippen LogP contribution in [0, 0.1) is 35.5 Å². The molecule has 1 saturated heterocycles. The van der Waals surface area contributed by atoms with Gasteiger partial charge in [0.1, 0.15) is 17.3 Å². The van der Waals surface area contributed by atoms with E-state index in [2.05, 4.69) is 92.0 Å². The van der Waals surface area contributed by atoms with Crippen molar-refractivity contribution in [2.75, 3.05) is 40.1 Å². The molecule has 1 N–H and O–H groups in total. The van der Waals surface area contributed by atoms with E-state index in [-0.39, 0.29) is 84.2 Å². The van der Waals surface area contributed by atoms with E-state index >= 15 is 0 Å². The summed E-state index contributed by atoms with van der Waals surface area (Å²) in [6.45, 7) is 16.9. The number of hydrogen-bond donors (Lipinski definition) is 1. The van der Waals surface area contributed by atoms with Crippen molar-refractivity contribution in [1.29, 1.82) is 0 Å². The smallest absolute Gasteiger partial charge is 0.270 e. The molecule has 78 heavy (non-hydrogen) atoms. The molecule has 1 aliphatic heterocycles. The van der Waals surface area contributed by atoms with Crippen LogP contribution in [-0.2, 0) is 39.8 Å². The average Bonchev–Trinajstić information content (AvgIpc) is 4.27. The lowest BCUT2D eigenvalue weighted by Gasteiger charge is -2.41. The fourth-order valence-electron chi connectivity index (χ4n) is 11.4. The Morgan fingerprint density at radius 2 is 1.29 bits per heavy atom. The van der Waals surface area contributed by atoms with Gasteiger partial charge in [0.15, 0.2) is 0 Å². The third-order valence-corrected chi connectivity index (χ3v) is 19.1. The molecule has 2 heterocycles. The SMILES string of the molecule is CC[C@H](C)[C@@H]([C@@H](CC(=O)N1CCC[C@H]1[C@H](OC)[C@@H](C)C(=O)C[C@@H](Cc1ccccc1)c1nc(C(=O)NCCSC(c2ccccc2)(c2ccccc2)c2ccccc2)cs1)OC)N(C)C(=O)[C@@H](CC(=O)[C@@H](C)C(C)C)C(C)C. The van der Waals surface area contributed by atoms with Gasteiger partial charge in [-0.05, 0) is 59.3 Å². The number of rotatable bonds is 30. The first-order valence-electron chi connectivity index (χ1n) is 28.2. The molecule has 13 heteroatoms. The summed E-state index contributed by atoms with van der Waals surface area (Å²) in [4.78, 5) is 79.5. The molecule has 1 aromatic heterocycles. The molecular formula is C65H86N4O7S2. The number of ether oxygens (including phenoxy) is 2. The Kier molecular flexibility index (Phi) is 23.5. The van der Waals surface area contributed by atoms with Crippen molar-refractivity contribution >= 4 is 52.4 Å². The number of hydrogen-bond acceptors (Lipinski definition) is 10. The highest BCUT2D eigenvalue weighted by molar-refractivity contribution is 8.00. The first kappa shape index (κ1) is 61.7. The molecular weight excluding hydrogens is 1010 g/mol. The molecule has 0 spiro atoms. The number of methoxy groups -OCH3 is 2. The molecule has 9 atom stereocenters. The van der Waals surface area contributed by atoms with Crippen LogP contribution in [0.4, 0.5) is 0 Å². The summed E-state index contributed by atoms with van der Waals surface area (Å²) in [7, 11) is 5.00. The van der Waals surface area contributed by atoms with Gasteiger partial charge in [0.05, 0.1) is 40.5 Å². The van der Waals surface area contributed by atoms with Gasteiger partial charge in [0.25, 0.3) is 5.91 Å². The number of nitrogens with zero attached hydrogens (tertiary/aromatic N) is 3. The number of carbonyl (C=O) groups is 5. The normalized spacial score (nSPS) is 16.9. The fraction of sp³-hybridized carbons (Fsp3) is 0.508. The Labute approximate surface area is 474 Å². The summed E-state index contributed by atoms with van der Waals surface area (Å²) in [5.74, 6) is -1.19. The molecule has 6 rings (SSSR count). The van der Waals surface area contributed by atoms with Gasteiger partial charge in [-0.3, -0.25) is 24.0 Å². The Hall–Kier alpha value is -5.47. The minimum absolute atomic E-state index is 0.00341. The van der Waals surface area contributed by atoms with Crippen molar-refractivity contribution in [1.82, 2.24) is 20.1 Å². The second-order valence-electron chi connectivity index (χ2n) is 22.2. The van der Waals surface area contributed by atoms with Gasteiger partial charge in [0.2, 0.25) is 11.8 Å². The molecule has 420 valence electrons. The number of Topliss-reactive ketones (excluding diaryl/α,β-unsaturated/α-hetero) is 2. The summed E-state index contributed by atoms with van der Waals surface area (Å²) in [6.07, 6.45) is 1.94. The maximum absolute atomic E-state index is 14.7. The molecule has 5 aromatic rings. The van der Waals surface area contributed by atoms with Gasteiger partial charge in [0, 0.05) is 82.0 Å². The van der Waals surface area contributed by atoms with Gasteiger partial charge in [-0.25, -0.2) is 4.98 Å². The number of likely N-dealkylation sites (tertiary alicyclic amines) is 1. The first-order chi connectivity index (χ1) is 37.5. The van der Waals surface area contributed by atoms with Crippen molar-refractivity contribution in [3.63, 3.8) is 0 Å². The monoisotopic (exact) mass is 1100 g/mol. The topological polar surface area (TPSA) is 135 Å². The number of amides is 3. The molecule has 0 saturated carbocycles. The van der Waals surface area contributed by atoms with Crippen LogP contribution in [0.3, 0.4) is 0 Å². The molecule has 3 amide bonds. The quantitative estimate of drug-likeness (QED) is 0.0352. The van der Waals surface area contributed by atoms with Crippen LogP contribution in [-0.4, -0.2) is 108 Å². The molecule has 0 bridgehead atoms. The number of aromatic nitrogens is 1. The Morgan fingerprint density at radius 3 is 1.81 bits per heavy atom. The Balaban J connectivity index is 1.14. The zero-order chi connectivity index (χ0) is 56.5. The van der Waals surface area contributed by atoms with Crippen LogP contribution in [0.1, 0.15) is 138 Å². The van der Waals surface area contributed by atoms with Crippen molar-refractivity contribution in [3.8, 4) is 0 Å². The molecule has 0 radical (unpaired) electrons. The second-order valence-corrected chi connectivity index (χ2v) is 24.4. The van der Waals surface area contributed by atoms with Gasteiger partial charge >= 0.3 is 0 Å². The summed E-state index contributed by atoms with van der Waals surface area (Å²) in [5, 5.41) is 5.65. The molecule has 0 aliphatic carbocycles. The van der Waals surface area contributed by atoms with Crippen LogP contribution >= 0.6 is 23.1 Å². The zero-order valence-corrected chi connectivity index (χ0v) is 49.7. The Bertz CT molecular complexity index is 2570. The van der Waals surface area contributed by atoms with Crippen LogP contribution in [0.25, 0.3) is 0 Å². The van der Waals surface area contributed by atoms with E-state index in [1.165, 1.54) is 11.3 Å². The molecule has 4 aromatic carbocycles. The van der Waals surface area contributed by atoms with Crippen LogP contribution in [0.5, 0.6) is 0 Å². The van der Waals surface area contributed by atoms with Crippen molar-refractivity contribution in [2.24, 2.45) is 35.5 Å². The highest BCUT2D eigenvalue weighted by atomic mass is 32.2. The highest BCUT2D eigenvalue weighted by Gasteiger charge is 2.44. The van der Waals surface area contributed by atoms with Gasteiger partial charge in [-0.15, -0.1) is 23.1 Å². The van der Waals surface area contributed by atoms with E-state index in [4.69, 9.17) is 14.5 Å². The van der Waals surface area contributed by atoms with E-state index in [0.29, 0.717) is 42.4 Å². The minimum atomic E-state index is -0.609. The number of thioether (sulfide) groups is 1. The van der Waals surface area contributed by atoms with Crippen molar-refractivity contribution in [3.05, 3.63) is 160 Å². The van der Waals surface area contributed by atoms with Gasteiger partial charge in [-0.2, -0.15) is 0 Å². The second kappa shape index (κ2) is 29.7. The number of benzene rings is 4. The van der Waals surface area contributed by atoms with Crippen LogP contribution in [0.2, 0.25) is 0 Å². The van der Waals surface area contributed by atoms with E-state index in [1.807, 2.05) is 95.0 Å². The zero-order valence-electron chi connectivity index (χ0n) is 48.1. The van der Waals surface area contributed by atoms with E-state index in [0.717, 1.165) is 35.1 Å². The lowest BCUT2D eigenvalue weighted by Crippen LogP contribution is -2.54. The lowest BCUT2D eigenvalue weighted by molar-refractivity contribution is -0.149. The third-order valence-electron chi connectivity index (χ3n) is 16.5. The Morgan fingerprint density at radius 1 is 0.744 bits per heavy atom. The number of likely N-dealkylation sites (N-methyl/N-ethyl adjacent to an activating group) is 1. The maximum Gasteiger partial charge on any atom is 0.270 e. The van der Waals surface area contributed by atoms with Crippen LogP contribution in [0.15, 0.2) is 127 Å². The van der Waals surface area contributed by atoms with Gasteiger partial charge in [-0.1, -0.05) is 183 Å². The van der Waals surface area contributed by atoms with E-state index in [1.54, 1.807) is 43.3 Å². The maximum atomic E-state index is 14.7. The van der Waals surface area contributed by atoms with E-state index in [9.17, 15) is 24.0 Å². The lowest BCUT2D eigenvalue weighted by atomic mass is 9.82. The number of ketones is 2. The predicted molar refractivity (Wildman–Crippen MR) is 317 cm³/mol. The van der Waals surface area contributed by atoms with Crippen molar-refractivity contribution < 1.29 is 33.4 Å². The summed E-state index contributed by atoms with van der Waals surface area (Å²) in [6, 6.07) is 40.8. The average molecular weight is 1100 g/mol. The first-order valence-corrected chi connectivity index (χ1v) is 30.1. The standard InChI is InChI=1S/C65H86N4O7S2/c1-12-45(6)60(68(9)64(74)53(44(4)5)40-57(71)46(7)43(2)3)58(75-10)41-59(72)69-36-25-34-55(69)61(76-11)47(8)56(70)39-49(38-48-26-17-13-18-27-48)63-67-54(42-77-63)62(73)66-35-37-78-65(50-28-19-14-20-29-50,51-30-21-15-22-31-51)52-32-23-16-24-33-52/h13-24,26-33,42-47,49,53,55,58,60-61H,12,25,34-41H2,1-11H3,(H,66,73)/t45-,46-,47-,49+,53-,55-,58+,60-,61+/m0/s1. The molecule has 1 fully saturated rings. The summed E-state index contributed by atoms with van der Waals surface area (Å²) >= 11 is 3.18. The minimum Gasteiger partial charge on any atom is -0.379 e. The highest BCUT2D eigenvalue weighted by Crippen LogP contribution is 2.48. The predicted octanol–water partition coefficient (Wildman–Crippen LogP) is 12.3. The van der Waals surface area contributed by atoms with Crippen LogP contribution < -0.4 is 5.32 Å². The molecule has 0 unspecified atom stereocenters. The molecule has 11 nitrogen and oxygen atoms in total. The summed E-state index contributed by atoms with van der Waals surface area (Å²) in [5.41, 5.74) is 4.84. The molecule has 1 aliphatic rings.